The zero-order valence-corrected chi connectivity index (χ0v) is 15.1. The van der Waals surface area contributed by atoms with Gasteiger partial charge in [0.1, 0.15) is 5.82 Å². The number of hydrogen-bond acceptors (Lipinski definition) is 7. The Labute approximate surface area is 156 Å². The van der Waals surface area contributed by atoms with E-state index in [0.29, 0.717) is 36.0 Å². The fourth-order valence-electron chi connectivity index (χ4n) is 2.35. The van der Waals surface area contributed by atoms with Gasteiger partial charge in [-0.3, -0.25) is 4.79 Å². The second-order valence-electron chi connectivity index (χ2n) is 5.73. The second-order valence-corrected chi connectivity index (χ2v) is 7.50. The second kappa shape index (κ2) is 8.03. The van der Waals surface area contributed by atoms with E-state index in [9.17, 15) is 13.2 Å². The number of rotatable bonds is 1. The van der Waals surface area contributed by atoms with Gasteiger partial charge < -0.3 is 16.4 Å². The predicted octanol–water partition coefficient (Wildman–Crippen LogP) is 0.541. The molecule has 0 aliphatic carbocycles. The molecule has 0 saturated carbocycles. The number of carbonyl (C=O) groups is 1. The van der Waals surface area contributed by atoms with Crippen molar-refractivity contribution in [3.63, 3.8) is 0 Å². The van der Waals surface area contributed by atoms with Crippen LogP contribution < -0.4 is 21.1 Å². The maximum atomic E-state index is 12.3. The largest absolute Gasteiger partial charge is 0.369 e. The van der Waals surface area contributed by atoms with E-state index in [4.69, 9.17) is 5.73 Å². The van der Waals surface area contributed by atoms with Crippen LogP contribution in [0.5, 0.6) is 0 Å². The standard InChI is InChI=1S/C17H18N6O3S/c18-15(24)7-1-4-12-11-20-17-22-13-5-2-6-14(10-13)27(25,26)21-9-3-8-19-16(12)23-17/h2,5-6,10-11,21H,3,7-9H2,(H2,18,24)(H2,19,20,22,23). The molecule has 1 aromatic carbocycles. The Kier molecular flexibility index (Phi) is 5.54. The number of fused-ring (bicyclic) bond motifs is 4. The minimum absolute atomic E-state index is 0.0615. The van der Waals surface area contributed by atoms with Crippen LogP contribution in [0, 0.1) is 11.8 Å². The van der Waals surface area contributed by atoms with Crippen LogP contribution in [0.3, 0.4) is 0 Å². The number of carbonyl (C=O) groups excluding carboxylic acids is 1. The zero-order valence-electron chi connectivity index (χ0n) is 14.3. The summed E-state index contributed by atoms with van der Waals surface area (Å²) in [6.45, 7) is 0.745. The molecule has 0 saturated heterocycles. The van der Waals surface area contributed by atoms with Crippen molar-refractivity contribution in [3.05, 3.63) is 36.0 Å². The fraction of sp³-hybridized carbons (Fsp3) is 0.235. The van der Waals surface area contributed by atoms with Gasteiger partial charge in [-0.15, -0.1) is 0 Å². The Bertz CT molecular complexity index is 1030. The van der Waals surface area contributed by atoms with Gasteiger partial charge in [0.25, 0.3) is 0 Å². The Morgan fingerprint density at radius 3 is 2.96 bits per heavy atom. The number of anilines is 3. The third-order valence-corrected chi connectivity index (χ3v) is 5.07. The maximum Gasteiger partial charge on any atom is 0.240 e. The molecule has 1 aromatic heterocycles. The molecule has 5 N–H and O–H groups in total. The minimum Gasteiger partial charge on any atom is -0.369 e. The normalized spacial score (nSPS) is 15.4. The summed E-state index contributed by atoms with van der Waals surface area (Å²) in [7, 11) is -3.59. The van der Waals surface area contributed by atoms with Crippen molar-refractivity contribution < 1.29 is 13.2 Å². The number of amides is 1. The molecular formula is C17H18N6O3S. The summed E-state index contributed by atoms with van der Waals surface area (Å²) in [4.78, 5) is 19.6. The molecule has 0 fully saturated rings. The number of primary amides is 1. The van der Waals surface area contributed by atoms with Crippen molar-refractivity contribution in [1.29, 1.82) is 0 Å². The molecular weight excluding hydrogens is 368 g/mol. The average Bonchev–Trinajstić information content (AvgIpc) is 2.63. The van der Waals surface area contributed by atoms with Crippen molar-refractivity contribution in [2.75, 3.05) is 23.7 Å². The summed E-state index contributed by atoms with van der Waals surface area (Å²) in [6.07, 6.45) is 2.01. The fourth-order valence-corrected chi connectivity index (χ4v) is 3.47. The van der Waals surface area contributed by atoms with Gasteiger partial charge in [-0.2, -0.15) is 4.98 Å². The van der Waals surface area contributed by atoms with Gasteiger partial charge in [0.2, 0.25) is 21.9 Å². The molecule has 4 bridgehead atoms. The molecule has 3 rings (SSSR count). The quantitative estimate of drug-likeness (QED) is 0.525. The number of nitrogens with two attached hydrogens (primary N) is 1. The molecule has 1 aliphatic heterocycles. The smallest absolute Gasteiger partial charge is 0.240 e. The number of benzene rings is 1. The monoisotopic (exact) mass is 386 g/mol. The Balaban J connectivity index is 1.96. The first-order chi connectivity index (χ1) is 12.9. The van der Waals surface area contributed by atoms with Gasteiger partial charge in [0.15, 0.2) is 0 Å². The minimum atomic E-state index is -3.59. The first kappa shape index (κ1) is 18.6. The average molecular weight is 386 g/mol. The molecule has 27 heavy (non-hydrogen) atoms. The maximum absolute atomic E-state index is 12.3. The van der Waals surface area contributed by atoms with Crippen LogP contribution in [0.15, 0.2) is 35.4 Å². The van der Waals surface area contributed by atoms with Crippen molar-refractivity contribution in [2.24, 2.45) is 5.73 Å². The van der Waals surface area contributed by atoms with Gasteiger partial charge in [-0.25, -0.2) is 18.1 Å². The molecule has 2 aromatic rings. The van der Waals surface area contributed by atoms with Gasteiger partial charge in [0.05, 0.1) is 23.1 Å². The molecule has 0 atom stereocenters. The highest BCUT2D eigenvalue weighted by molar-refractivity contribution is 7.89. The zero-order chi connectivity index (χ0) is 19.3. The highest BCUT2D eigenvalue weighted by Gasteiger charge is 2.15. The van der Waals surface area contributed by atoms with Crippen molar-refractivity contribution >= 4 is 33.4 Å². The van der Waals surface area contributed by atoms with Crippen molar-refractivity contribution in [1.82, 2.24) is 14.7 Å². The van der Waals surface area contributed by atoms with E-state index in [1.165, 1.54) is 18.3 Å². The summed E-state index contributed by atoms with van der Waals surface area (Å²) in [5.41, 5.74) is 6.15. The highest BCUT2D eigenvalue weighted by atomic mass is 32.2. The third kappa shape index (κ3) is 4.93. The predicted molar refractivity (Wildman–Crippen MR) is 101 cm³/mol. The Hall–Kier alpha value is -3.16. The Morgan fingerprint density at radius 2 is 2.15 bits per heavy atom. The topological polar surface area (TPSA) is 139 Å². The molecule has 1 amide bonds. The van der Waals surface area contributed by atoms with Gasteiger partial charge in [0, 0.05) is 18.8 Å². The molecule has 1 aliphatic rings. The lowest BCUT2D eigenvalue weighted by Crippen LogP contribution is -2.26. The van der Waals surface area contributed by atoms with E-state index >= 15 is 0 Å². The van der Waals surface area contributed by atoms with Crippen molar-refractivity contribution in [2.45, 2.75) is 17.7 Å². The number of aromatic nitrogens is 2. The van der Waals surface area contributed by atoms with Crippen LogP contribution in [0.2, 0.25) is 0 Å². The van der Waals surface area contributed by atoms with Crippen LogP contribution in [0.1, 0.15) is 18.4 Å². The van der Waals surface area contributed by atoms with E-state index in [0.717, 1.165) is 0 Å². The lowest BCUT2D eigenvalue weighted by molar-refractivity contribution is -0.117. The van der Waals surface area contributed by atoms with Gasteiger partial charge >= 0.3 is 0 Å². The van der Waals surface area contributed by atoms with Crippen LogP contribution in [-0.2, 0) is 14.8 Å². The molecule has 10 heteroatoms. The van der Waals surface area contributed by atoms with Crippen molar-refractivity contribution in [3.8, 4) is 11.8 Å². The van der Waals surface area contributed by atoms with E-state index in [-0.39, 0.29) is 17.9 Å². The highest BCUT2D eigenvalue weighted by Crippen LogP contribution is 2.20. The van der Waals surface area contributed by atoms with Crippen LogP contribution >= 0.6 is 0 Å². The number of sulfonamides is 1. The van der Waals surface area contributed by atoms with E-state index in [1.807, 2.05) is 0 Å². The van der Waals surface area contributed by atoms with E-state index < -0.39 is 15.9 Å². The Morgan fingerprint density at radius 1 is 1.30 bits per heavy atom. The number of nitrogens with one attached hydrogen (secondary N) is 3. The summed E-state index contributed by atoms with van der Waals surface area (Å²) >= 11 is 0. The molecule has 0 radical (unpaired) electrons. The summed E-state index contributed by atoms with van der Waals surface area (Å²) in [6, 6.07) is 6.39. The van der Waals surface area contributed by atoms with Crippen LogP contribution in [0.4, 0.5) is 17.5 Å². The van der Waals surface area contributed by atoms with Crippen LogP contribution in [-0.4, -0.2) is 37.4 Å². The van der Waals surface area contributed by atoms with Gasteiger partial charge in [-0.05, 0) is 24.6 Å². The summed E-state index contributed by atoms with van der Waals surface area (Å²) < 4.78 is 27.2. The van der Waals surface area contributed by atoms with Gasteiger partial charge in [-0.1, -0.05) is 17.9 Å². The van der Waals surface area contributed by atoms with E-state index in [2.05, 4.69) is 37.2 Å². The molecule has 9 nitrogen and oxygen atoms in total. The molecule has 0 spiro atoms. The molecule has 140 valence electrons. The van der Waals surface area contributed by atoms with Crippen LogP contribution in [0.25, 0.3) is 0 Å². The number of nitrogens with zero attached hydrogens (tertiary/aromatic N) is 2. The summed E-state index contributed by atoms with van der Waals surface area (Å²) in [5.74, 6) is 5.76. The first-order valence-electron chi connectivity index (χ1n) is 8.19. The number of hydrogen-bond donors (Lipinski definition) is 4. The molecule has 2 heterocycles. The summed E-state index contributed by atoms with van der Waals surface area (Å²) in [5, 5.41) is 6.10. The molecule has 0 unspecified atom stereocenters. The third-order valence-electron chi connectivity index (χ3n) is 3.61. The van der Waals surface area contributed by atoms with E-state index in [1.54, 1.807) is 12.1 Å². The first-order valence-corrected chi connectivity index (χ1v) is 9.67. The lowest BCUT2D eigenvalue weighted by Gasteiger charge is -2.10. The SMILES string of the molecule is NC(=O)CC#Cc1cnc2nc1NCCCNS(=O)(=O)c1cccc(c1)N2. The lowest BCUT2D eigenvalue weighted by atomic mass is 10.2.